The predicted octanol–water partition coefficient (Wildman–Crippen LogP) is 4.19. The van der Waals surface area contributed by atoms with Crippen LogP contribution in [0.15, 0.2) is 48.7 Å². The van der Waals surface area contributed by atoms with Gasteiger partial charge in [-0.25, -0.2) is 0 Å². The van der Waals surface area contributed by atoms with Gasteiger partial charge in [0, 0.05) is 18.3 Å². The summed E-state index contributed by atoms with van der Waals surface area (Å²) < 4.78 is 0. The number of rotatable bonds is 5. The highest BCUT2D eigenvalue weighted by Crippen LogP contribution is 2.21. The first-order valence-electron chi connectivity index (χ1n) is 6.94. The first kappa shape index (κ1) is 13.8. The van der Waals surface area contributed by atoms with E-state index in [0.717, 1.165) is 12.1 Å². The molecule has 19 heavy (non-hydrogen) atoms. The number of nitrogens with one attached hydrogen (secondary N) is 1. The van der Waals surface area contributed by atoms with Gasteiger partial charge in [0.15, 0.2) is 0 Å². The molecule has 0 amide bonds. The SMILES string of the molecule is CCC(N[C@H](C)c1ccccn1)c1ccc(C)cc1. The molecule has 0 bridgehead atoms. The zero-order chi connectivity index (χ0) is 13.7. The monoisotopic (exact) mass is 254 g/mol. The molecule has 0 spiro atoms. The van der Waals surface area contributed by atoms with E-state index in [4.69, 9.17) is 0 Å². The van der Waals surface area contributed by atoms with Crippen LogP contribution in [0.4, 0.5) is 0 Å². The molecule has 2 aromatic rings. The lowest BCUT2D eigenvalue weighted by Gasteiger charge is -2.22. The van der Waals surface area contributed by atoms with Gasteiger partial charge in [-0.3, -0.25) is 4.98 Å². The molecule has 100 valence electrons. The van der Waals surface area contributed by atoms with E-state index in [1.807, 2.05) is 18.3 Å². The molecule has 1 aromatic heterocycles. The van der Waals surface area contributed by atoms with Gasteiger partial charge in [0.1, 0.15) is 0 Å². The third-order valence-electron chi connectivity index (χ3n) is 3.47. The molecule has 2 atom stereocenters. The van der Waals surface area contributed by atoms with E-state index in [1.165, 1.54) is 11.1 Å². The van der Waals surface area contributed by atoms with Gasteiger partial charge in [0.05, 0.1) is 5.69 Å². The normalized spacial score (nSPS) is 14.1. The molecule has 1 unspecified atom stereocenters. The minimum atomic E-state index is 0.257. The lowest BCUT2D eigenvalue weighted by Crippen LogP contribution is -2.24. The maximum Gasteiger partial charge on any atom is 0.0570 e. The van der Waals surface area contributed by atoms with E-state index >= 15 is 0 Å². The second kappa shape index (κ2) is 6.48. The second-order valence-corrected chi connectivity index (χ2v) is 5.01. The van der Waals surface area contributed by atoms with Crippen LogP contribution in [0, 0.1) is 6.92 Å². The predicted molar refractivity (Wildman–Crippen MR) is 80.0 cm³/mol. The summed E-state index contributed by atoms with van der Waals surface area (Å²) in [7, 11) is 0. The van der Waals surface area contributed by atoms with E-state index in [1.54, 1.807) is 0 Å². The summed E-state index contributed by atoms with van der Waals surface area (Å²) in [5.74, 6) is 0. The van der Waals surface area contributed by atoms with Crippen molar-refractivity contribution in [3.8, 4) is 0 Å². The Morgan fingerprint density at radius 1 is 1.11 bits per heavy atom. The van der Waals surface area contributed by atoms with Crippen LogP contribution in [-0.2, 0) is 0 Å². The second-order valence-electron chi connectivity index (χ2n) is 5.01. The molecule has 0 aliphatic heterocycles. The molecule has 2 heteroatoms. The molecule has 0 saturated heterocycles. The van der Waals surface area contributed by atoms with Crippen molar-refractivity contribution < 1.29 is 0 Å². The molecule has 0 radical (unpaired) electrons. The molecule has 1 aromatic carbocycles. The van der Waals surface area contributed by atoms with Crippen LogP contribution in [0.5, 0.6) is 0 Å². The van der Waals surface area contributed by atoms with E-state index in [0.29, 0.717) is 6.04 Å². The Hall–Kier alpha value is -1.67. The van der Waals surface area contributed by atoms with Crippen LogP contribution in [0.3, 0.4) is 0 Å². The minimum Gasteiger partial charge on any atom is -0.302 e. The molecule has 1 heterocycles. The average molecular weight is 254 g/mol. The van der Waals surface area contributed by atoms with Gasteiger partial charge in [-0.2, -0.15) is 0 Å². The highest BCUT2D eigenvalue weighted by atomic mass is 15.0. The number of aryl methyl sites for hydroxylation is 1. The molecule has 0 fully saturated rings. The van der Waals surface area contributed by atoms with Crippen molar-refractivity contribution in [2.24, 2.45) is 0 Å². The van der Waals surface area contributed by atoms with Crippen LogP contribution >= 0.6 is 0 Å². The highest BCUT2D eigenvalue weighted by Gasteiger charge is 2.14. The van der Waals surface area contributed by atoms with Crippen molar-refractivity contribution in [1.29, 1.82) is 0 Å². The van der Waals surface area contributed by atoms with Gasteiger partial charge in [0.2, 0.25) is 0 Å². The largest absolute Gasteiger partial charge is 0.302 e. The number of hydrogen-bond donors (Lipinski definition) is 1. The Morgan fingerprint density at radius 3 is 2.42 bits per heavy atom. The minimum absolute atomic E-state index is 0.257. The summed E-state index contributed by atoms with van der Waals surface area (Å²) in [5.41, 5.74) is 3.74. The lowest BCUT2D eigenvalue weighted by molar-refractivity contribution is 0.450. The Kier molecular flexibility index (Phi) is 4.69. The topological polar surface area (TPSA) is 24.9 Å². The quantitative estimate of drug-likeness (QED) is 0.865. The van der Waals surface area contributed by atoms with Crippen LogP contribution in [-0.4, -0.2) is 4.98 Å². The number of hydrogen-bond acceptors (Lipinski definition) is 2. The Balaban J connectivity index is 2.09. The van der Waals surface area contributed by atoms with Gasteiger partial charge < -0.3 is 5.32 Å². The average Bonchev–Trinajstić information content (AvgIpc) is 2.46. The van der Waals surface area contributed by atoms with E-state index in [2.05, 4.69) is 61.4 Å². The molecule has 2 nitrogen and oxygen atoms in total. The number of nitrogens with zero attached hydrogens (tertiary/aromatic N) is 1. The third kappa shape index (κ3) is 3.65. The van der Waals surface area contributed by atoms with Crippen LogP contribution in [0.1, 0.15) is 49.2 Å². The fourth-order valence-electron chi connectivity index (χ4n) is 2.27. The first-order chi connectivity index (χ1) is 9.20. The van der Waals surface area contributed by atoms with Crippen molar-refractivity contribution in [3.63, 3.8) is 0 Å². The highest BCUT2D eigenvalue weighted by molar-refractivity contribution is 5.24. The summed E-state index contributed by atoms with van der Waals surface area (Å²) in [4.78, 5) is 4.41. The summed E-state index contributed by atoms with van der Waals surface area (Å²) in [5, 5.41) is 3.66. The van der Waals surface area contributed by atoms with Crippen LogP contribution in [0.2, 0.25) is 0 Å². The van der Waals surface area contributed by atoms with E-state index < -0.39 is 0 Å². The van der Waals surface area contributed by atoms with Gasteiger partial charge in [-0.05, 0) is 38.0 Å². The van der Waals surface area contributed by atoms with Gasteiger partial charge in [-0.1, -0.05) is 42.8 Å². The number of benzene rings is 1. The van der Waals surface area contributed by atoms with Gasteiger partial charge in [0.25, 0.3) is 0 Å². The number of aromatic nitrogens is 1. The van der Waals surface area contributed by atoms with Crippen molar-refractivity contribution in [1.82, 2.24) is 10.3 Å². The Morgan fingerprint density at radius 2 is 1.84 bits per heavy atom. The standard InChI is InChI=1S/C17H22N2/c1-4-16(15-10-8-13(2)9-11-15)19-14(3)17-7-5-6-12-18-17/h5-12,14,16,19H,4H2,1-3H3/t14-,16?/m1/s1. The molecule has 1 N–H and O–H groups in total. The zero-order valence-corrected chi connectivity index (χ0v) is 11.9. The van der Waals surface area contributed by atoms with E-state index in [9.17, 15) is 0 Å². The zero-order valence-electron chi connectivity index (χ0n) is 11.9. The summed E-state index contributed by atoms with van der Waals surface area (Å²) in [6, 6.07) is 15.4. The van der Waals surface area contributed by atoms with Crippen LogP contribution < -0.4 is 5.32 Å². The molecular formula is C17H22N2. The molecule has 0 aliphatic rings. The fourth-order valence-corrected chi connectivity index (χ4v) is 2.27. The summed E-state index contributed by atoms with van der Waals surface area (Å²) in [6.45, 7) is 6.50. The van der Waals surface area contributed by atoms with Crippen molar-refractivity contribution in [2.45, 2.75) is 39.3 Å². The van der Waals surface area contributed by atoms with Gasteiger partial charge >= 0.3 is 0 Å². The maximum absolute atomic E-state index is 4.41. The first-order valence-corrected chi connectivity index (χ1v) is 6.94. The third-order valence-corrected chi connectivity index (χ3v) is 3.47. The summed E-state index contributed by atoms with van der Waals surface area (Å²) >= 11 is 0. The summed E-state index contributed by atoms with van der Waals surface area (Å²) in [6.07, 6.45) is 2.92. The molecule has 2 rings (SSSR count). The van der Waals surface area contributed by atoms with Crippen molar-refractivity contribution in [3.05, 3.63) is 65.5 Å². The lowest BCUT2D eigenvalue weighted by atomic mass is 10.0. The van der Waals surface area contributed by atoms with Crippen molar-refractivity contribution in [2.75, 3.05) is 0 Å². The molecular weight excluding hydrogens is 232 g/mol. The maximum atomic E-state index is 4.41. The van der Waals surface area contributed by atoms with Crippen molar-refractivity contribution >= 4 is 0 Å². The van der Waals surface area contributed by atoms with E-state index in [-0.39, 0.29) is 6.04 Å². The fraction of sp³-hybridized carbons (Fsp3) is 0.353. The Bertz CT molecular complexity index is 490. The Labute approximate surface area is 115 Å². The van der Waals surface area contributed by atoms with Gasteiger partial charge in [-0.15, -0.1) is 0 Å². The molecule has 0 saturated carbocycles. The van der Waals surface area contributed by atoms with Crippen LogP contribution in [0.25, 0.3) is 0 Å². The number of pyridine rings is 1. The molecule has 0 aliphatic carbocycles. The smallest absolute Gasteiger partial charge is 0.0570 e.